The number of aryl methyl sites for hydroxylation is 2. The van der Waals surface area contributed by atoms with E-state index in [1.54, 1.807) is 0 Å². The van der Waals surface area contributed by atoms with Gasteiger partial charge >= 0.3 is 0 Å². The Labute approximate surface area is 79.2 Å². The molecule has 1 heterocycles. The van der Waals surface area contributed by atoms with Crippen molar-refractivity contribution in [3.8, 4) is 0 Å². The lowest BCUT2D eigenvalue weighted by atomic mass is 10.1. The summed E-state index contributed by atoms with van der Waals surface area (Å²) in [5, 5.41) is 0. The molecule has 1 aromatic heterocycles. The molecule has 1 aromatic rings. The van der Waals surface area contributed by atoms with Crippen LogP contribution in [0.15, 0.2) is 12.1 Å². The molecular weight excluding hydrogens is 162 g/mol. The maximum Gasteiger partial charge on any atom is 0.0635 e. The number of anilines is 1. The zero-order valence-electron chi connectivity index (χ0n) is 8.09. The highest BCUT2D eigenvalue weighted by molar-refractivity contribution is 5.43. The molecule has 0 atom stereocenters. The Bertz CT molecular complexity index is 271. The van der Waals surface area contributed by atoms with Crippen molar-refractivity contribution < 1.29 is 0 Å². The van der Waals surface area contributed by atoms with Gasteiger partial charge in [0.15, 0.2) is 0 Å². The van der Waals surface area contributed by atoms with Crippen LogP contribution >= 0.6 is 0 Å². The summed E-state index contributed by atoms with van der Waals surface area (Å²) in [5.74, 6) is 0. The summed E-state index contributed by atoms with van der Waals surface area (Å²) < 4.78 is 0. The molecule has 0 saturated heterocycles. The van der Waals surface area contributed by atoms with Crippen molar-refractivity contribution in [1.29, 1.82) is 0 Å². The minimum atomic E-state index is 0.742. The fourth-order valence-corrected chi connectivity index (χ4v) is 1.26. The van der Waals surface area contributed by atoms with Gasteiger partial charge in [0, 0.05) is 5.69 Å². The highest BCUT2D eigenvalue weighted by atomic mass is 14.7. The highest BCUT2D eigenvalue weighted by Crippen LogP contribution is 2.12. The molecule has 0 spiro atoms. The van der Waals surface area contributed by atoms with Gasteiger partial charge in [-0.15, -0.1) is 0 Å². The van der Waals surface area contributed by atoms with Crippen LogP contribution in [0.25, 0.3) is 0 Å². The number of hydrogen-bond acceptors (Lipinski definition) is 3. The van der Waals surface area contributed by atoms with Gasteiger partial charge in [-0.05, 0) is 44.9 Å². The van der Waals surface area contributed by atoms with E-state index in [9.17, 15) is 0 Å². The first-order valence-electron chi connectivity index (χ1n) is 4.66. The van der Waals surface area contributed by atoms with Crippen LogP contribution in [-0.4, -0.2) is 11.5 Å². The van der Waals surface area contributed by atoms with E-state index >= 15 is 0 Å². The number of nitrogens with two attached hydrogens (primary N) is 2. The van der Waals surface area contributed by atoms with Gasteiger partial charge in [0.2, 0.25) is 0 Å². The Morgan fingerprint density at radius 3 is 2.77 bits per heavy atom. The summed E-state index contributed by atoms with van der Waals surface area (Å²) in [6.07, 6.45) is 3.04. The van der Waals surface area contributed by atoms with Crippen molar-refractivity contribution in [2.75, 3.05) is 12.3 Å². The number of nitrogens with zero attached hydrogens (tertiary/aromatic N) is 1. The van der Waals surface area contributed by atoms with E-state index in [0.717, 1.165) is 42.9 Å². The normalized spacial score (nSPS) is 10.3. The molecule has 0 unspecified atom stereocenters. The molecule has 0 fully saturated rings. The molecule has 0 bridgehead atoms. The van der Waals surface area contributed by atoms with Crippen LogP contribution < -0.4 is 11.5 Å². The van der Waals surface area contributed by atoms with Crippen molar-refractivity contribution in [2.45, 2.75) is 26.2 Å². The Morgan fingerprint density at radius 2 is 2.08 bits per heavy atom. The van der Waals surface area contributed by atoms with E-state index in [1.165, 1.54) is 0 Å². The van der Waals surface area contributed by atoms with Crippen LogP contribution in [-0.2, 0) is 6.42 Å². The monoisotopic (exact) mass is 179 g/mol. The summed E-state index contributed by atoms with van der Waals surface area (Å²) in [4.78, 5) is 4.38. The van der Waals surface area contributed by atoms with E-state index in [0.29, 0.717) is 0 Å². The summed E-state index contributed by atoms with van der Waals surface area (Å²) >= 11 is 0. The minimum absolute atomic E-state index is 0.742. The smallest absolute Gasteiger partial charge is 0.0635 e. The Kier molecular flexibility index (Phi) is 3.71. The van der Waals surface area contributed by atoms with Gasteiger partial charge in [-0.1, -0.05) is 0 Å². The summed E-state index contributed by atoms with van der Waals surface area (Å²) in [6.45, 7) is 2.72. The van der Waals surface area contributed by atoms with Crippen molar-refractivity contribution in [1.82, 2.24) is 4.98 Å². The molecule has 0 aliphatic carbocycles. The Balaban J connectivity index is 2.59. The van der Waals surface area contributed by atoms with Gasteiger partial charge in [0.25, 0.3) is 0 Å². The topological polar surface area (TPSA) is 64.9 Å². The fraction of sp³-hybridized carbons (Fsp3) is 0.500. The average Bonchev–Trinajstić information content (AvgIpc) is 2.11. The maximum atomic E-state index is 5.78. The Morgan fingerprint density at radius 1 is 1.31 bits per heavy atom. The van der Waals surface area contributed by atoms with Gasteiger partial charge in [0.05, 0.1) is 11.4 Å². The van der Waals surface area contributed by atoms with Crippen molar-refractivity contribution in [2.24, 2.45) is 5.73 Å². The molecule has 4 N–H and O–H groups in total. The van der Waals surface area contributed by atoms with Gasteiger partial charge in [0.1, 0.15) is 0 Å². The van der Waals surface area contributed by atoms with Crippen LogP contribution in [0.1, 0.15) is 24.2 Å². The van der Waals surface area contributed by atoms with Crippen molar-refractivity contribution in [3.63, 3.8) is 0 Å². The van der Waals surface area contributed by atoms with E-state index in [4.69, 9.17) is 11.5 Å². The summed E-state index contributed by atoms with van der Waals surface area (Å²) in [7, 11) is 0. The van der Waals surface area contributed by atoms with Crippen LogP contribution in [0.5, 0.6) is 0 Å². The third kappa shape index (κ3) is 3.03. The van der Waals surface area contributed by atoms with E-state index < -0.39 is 0 Å². The van der Waals surface area contributed by atoms with Crippen LogP contribution in [0, 0.1) is 6.92 Å². The molecule has 0 aromatic carbocycles. The lowest BCUT2D eigenvalue weighted by Crippen LogP contribution is -2.02. The number of pyridine rings is 1. The molecule has 3 heteroatoms. The predicted octanol–water partition coefficient (Wildman–Crippen LogP) is 1.25. The van der Waals surface area contributed by atoms with Crippen molar-refractivity contribution in [3.05, 3.63) is 23.5 Å². The second-order valence-corrected chi connectivity index (χ2v) is 3.23. The first-order chi connectivity index (χ1) is 6.24. The third-order valence-electron chi connectivity index (χ3n) is 2.02. The van der Waals surface area contributed by atoms with Gasteiger partial charge < -0.3 is 11.5 Å². The number of unbranched alkanes of at least 4 members (excludes halogenated alkanes) is 1. The quantitative estimate of drug-likeness (QED) is 0.684. The zero-order chi connectivity index (χ0) is 9.68. The molecule has 0 aliphatic heterocycles. The largest absolute Gasteiger partial charge is 0.397 e. The predicted molar refractivity (Wildman–Crippen MR) is 55.4 cm³/mol. The summed E-state index contributed by atoms with van der Waals surface area (Å²) in [5.41, 5.74) is 14.0. The number of aromatic nitrogens is 1. The highest BCUT2D eigenvalue weighted by Gasteiger charge is 2.00. The molecule has 72 valence electrons. The van der Waals surface area contributed by atoms with E-state index in [-0.39, 0.29) is 0 Å². The minimum Gasteiger partial charge on any atom is -0.397 e. The lowest BCUT2D eigenvalue weighted by Gasteiger charge is -2.04. The van der Waals surface area contributed by atoms with Crippen LogP contribution in [0.2, 0.25) is 0 Å². The van der Waals surface area contributed by atoms with Crippen LogP contribution in [0.3, 0.4) is 0 Å². The molecule has 3 nitrogen and oxygen atoms in total. The maximum absolute atomic E-state index is 5.78. The zero-order valence-corrected chi connectivity index (χ0v) is 8.09. The van der Waals surface area contributed by atoms with E-state index in [2.05, 4.69) is 4.98 Å². The van der Waals surface area contributed by atoms with E-state index in [1.807, 2.05) is 19.1 Å². The number of hydrogen-bond donors (Lipinski definition) is 2. The first kappa shape index (κ1) is 9.99. The lowest BCUT2D eigenvalue weighted by molar-refractivity contribution is 0.732. The molecule has 0 aliphatic rings. The van der Waals surface area contributed by atoms with Gasteiger partial charge in [-0.25, -0.2) is 0 Å². The summed E-state index contributed by atoms with van der Waals surface area (Å²) in [6, 6.07) is 3.85. The Hall–Kier alpha value is -1.09. The van der Waals surface area contributed by atoms with Gasteiger partial charge in [-0.2, -0.15) is 0 Å². The molecule has 1 rings (SSSR count). The molecule has 0 amide bonds. The third-order valence-corrected chi connectivity index (χ3v) is 2.02. The fourth-order valence-electron chi connectivity index (χ4n) is 1.26. The van der Waals surface area contributed by atoms with Crippen LogP contribution in [0.4, 0.5) is 5.69 Å². The molecule has 0 saturated carbocycles. The number of rotatable bonds is 4. The van der Waals surface area contributed by atoms with Gasteiger partial charge in [-0.3, -0.25) is 4.98 Å². The molecular formula is C10H17N3. The molecule has 13 heavy (non-hydrogen) atoms. The molecule has 0 radical (unpaired) electrons. The van der Waals surface area contributed by atoms with Crippen molar-refractivity contribution >= 4 is 5.69 Å². The second-order valence-electron chi connectivity index (χ2n) is 3.23. The second kappa shape index (κ2) is 4.82. The standard InChI is InChI=1S/C10H17N3/c1-8-5-6-9(12)10(13-8)4-2-3-7-11/h5-6H,2-4,7,11-12H2,1H3. The first-order valence-corrected chi connectivity index (χ1v) is 4.66. The SMILES string of the molecule is Cc1ccc(N)c(CCCCN)n1. The average molecular weight is 179 g/mol. The number of nitrogen functional groups attached to an aromatic ring is 1.